The van der Waals surface area contributed by atoms with E-state index in [4.69, 9.17) is 5.11 Å². The maximum atomic E-state index is 13.6. The van der Waals surface area contributed by atoms with Crippen LogP contribution in [0.15, 0.2) is 36.4 Å². The number of nitrogens with one attached hydrogen (secondary N) is 1. The Labute approximate surface area is 201 Å². The summed E-state index contributed by atoms with van der Waals surface area (Å²) in [6.45, 7) is -1.31. The molecule has 3 rings (SSSR count). The van der Waals surface area contributed by atoms with Crippen molar-refractivity contribution in [3.63, 3.8) is 0 Å². The first-order chi connectivity index (χ1) is 16.9. The Balaban J connectivity index is 2.01. The Kier molecular flexibility index (Phi) is 7.39. The van der Waals surface area contributed by atoms with E-state index in [9.17, 15) is 53.5 Å². The Hall–Kier alpha value is -3.52. The minimum atomic E-state index is -5.24. The van der Waals surface area contributed by atoms with E-state index in [1.54, 1.807) is 0 Å². The molecule has 0 aliphatic carbocycles. The van der Waals surface area contributed by atoms with Crippen LogP contribution in [0.5, 0.6) is 0 Å². The molecule has 2 aromatic rings. The second-order valence-electron chi connectivity index (χ2n) is 8.21. The van der Waals surface area contributed by atoms with Crippen LogP contribution in [0.1, 0.15) is 28.7 Å². The normalized spacial score (nSPS) is 18.7. The van der Waals surface area contributed by atoms with E-state index in [1.807, 2.05) is 0 Å². The van der Waals surface area contributed by atoms with E-state index in [0.29, 0.717) is 17.0 Å². The Bertz CT molecular complexity index is 1160. The molecule has 0 spiro atoms. The van der Waals surface area contributed by atoms with Crippen molar-refractivity contribution in [1.82, 2.24) is 10.2 Å². The van der Waals surface area contributed by atoms with Crippen LogP contribution in [-0.2, 0) is 29.9 Å². The maximum absolute atomic E-state index is 13.6. The molecule has 1 fully saturated rings. The molecule has 1 heterocycles. The molecule has 0 bridgehead atoms. The van der Waals surface area contributed by atoms with Gasteiger partial charge >= 0.3 is 24.6 Å². The van der Waals surface area contributed by atoms with Gasteiger partial charge in [0, 0.05) is 13.0 Å². The molecule has 1 aliphatic heterocycles. The van der Waals surface area contributed by atoms with Crippen LogP contribution in [-0.4, -0.2) is 40.8 Å². The summed E-state index contributed by atoms with van der Waals surface area (Å²) in [6, 6.07) is 0.603. The number of halogens is 10. The minimum absolute atomic E-state index is 0.174. The number of likely N-dealkylation sites (tertiary alicyclic amines) is 1. The van der Waals surface area contributed by atoms with Gasteiger partial charge in [0.1, 0.15) is 12.2 Å². The molecule has 1 aliphatic rings. The van der Waals surface area contributed by atoms with Crippen molar-refractivity contribution >= 4 is 12.0 Å². The summed E-state index contributed by atoms with van der Waals surface area (Å²) in [5, 5.41) is 11.2. The van der Waals surface area contributed by atoms with E-state index < -0.39 is 90.1 Å². The summed E-state index contributed by atoms with van der Waals surface area (Å²) in [7, 11) is 0. The van der Waals surface area contributed by atoms with Crippen molar-refractivity contribution in [3.8, 4) is 11.1 Å². The average Bonchev–Trinajstić information content (AvgIpc) is 3.17. The Morgan fingerprint density at radius 3 is 1.73 bits per heavy atom. The highest BCUT2D eigenvalue weighted by molar-refractivity contribution is 5.86. The fourth-order valence-electron chi connectivity index (χ4n) is 3.80. The molecule has 0 aromatic heterocycles. The number of alkyl halides is 10. The summed E-state index contributed by atoms with van der Waals surface area (Å²) in [4.78, 5) is 24.1. The summed E-state index contributed by atoms with van der Waals surface area (Å²) < 4.78 is 133. The first-order valence-corrected chi connectivity index (χ1v) is 10.3. The van der Waals surface area contributed by atoms with Crippen LogP contribution < -0.4 is 5.32 Å². The summed E-state index contributed by atoms with van der Waals surface area (Å²) in [5.41, 5.74) is -6.71. The van der Waals surface area contributed by atoms with Gasteiger partial charge in [0.25, 0.3) is 0 Å². The van der Waals surface area contributed by atoms with E-state index in [2.05, 4.69) is 5.32 Å². The van der Waals surface area contributed by atoms with Crippen molar-refractivity contribution < 1.29 is 58.6 Å². The number of benzene rings is 2. The lowest BCUT2D eigenvalue weighted by Crippen LogP contribution is -2.45. The highest BCUT2D eigenvalue weighted by atomic mass is 19.4. The minimum Gasteiger partial charge on any atom is -0.465 e. The van der Waals surface area contributed by atoms with Crippen LogP contribution in [0, 0.1) is 0 Å². The zero-order chi connectivity index (χ0) is 27.9. The van der Waals surface area contributed by atoms with Crippen molar-refractivity contribution in [1.29, 1.82) is 0 Å². The maximum Gasteiger partial charge on any atom is 0.416 e. The third-order valence-corrected chi connectivity index (χ3v) is 5.51. The van der Waals surface area contributed by atoms with Gasteiger partial charge in [0.15, 0.2) is 0 Å². The van der Waals surface area contributed by atoms with Crippen molar-refractivity contribution in [2.75, 3.05) is 6.54 Å². The first-order valence-electron chi connectivity index (χ1n) is 10.3. The number of hydrogen-bond donors (Lipinski definition) is 2. The van der Waals surface area contributed by atoms with Gasteiger partial charge in [-0.2, -0.15) is 39.5 Å². The van der Waals surface area contributed by atoms with Crippen molar-refractivity contribution in [2.24, 2.45) is 0 Å². The zero-order valence-electron chi connectivity index (χ0n) is 18.2. The van der Waals surface area contributed by atoms with Gasteiger partial charge in [-0.15, -0.1) is 0 Å². The number of carboxylic acid groups (broad SMARTS) is 1. The van der Waals surface area contributed by atoms with Gasteiger partial charge in [0.05, 0.1) is 23.2 Å². The molecule has 0 unspecified atom stereocenters. The van der Waals surface area contributed by atoms with Crippen molar-refractivity contribution in [3.05, 3.63) is 58.7 Å². The second-order valence-corrected chi connectivity index (χ2v) is 8.21. The fraction of sp³-hybridized carbons (Fsp3) is 0.364. The number of amides is 2. The largest absolute Gasteiger partial charge is 0.465 e. The number of carbonyl (C=O) groups excluding carboxylic acids is 1. The van der Waals surface area contributed by atoms with Crippen LogP contribution in [0.3, 0.4) is 0 Å². The smallest absolute Gasteiger partial charge is 0.416 e. The predicted molar refractivity (Wildman–Crippen MR) is 107 cm³/mol. The zero-order valence-corrected chi connectivity index (χ0v) is 18.2. The Morgan fingerprint density at radius 1 is 0.811 bits per heavy atom. The number of carbonyl (C=O) groups is 2. The molecule has 0 radical (unpaired) electrons. The number of nitrogens with zero attached hydrogens (tertiary/aromatic N) is 1. The molecular weight excluding hydrogens is 530 g/mol. The molecular formula is C22H16F10N2O3. The molecule has 1 saturated heterocycles. The quantitative estimate of drug-likeness (QED) is 0.455. The fourth-order valence-corrected chi connectivity index (χ4v) is 3.80. The lowest BCUT2D eigenvalue weighted by Gasteiger charge is -2.20. The van der Waals surface area contributed by atoms with Gasteiger partial charge in [-0.3, -0.25) is 9.69 Å². The highest BCUT2D eigenvalue weighted by Gasteiger charge is 2.40. The molecule has 2 atom stereocenters. The van der Waals surface area contributed by atoms with Gasteiger partial charge in [-0.05, 0) is 53.1 Å². The highest BCUT2D eigenvalue weighted by Crippen LogP contribution is 2.40. The van der Waals surface area contributed by atoms with Crippen LogP contribution >= 0.6 is 0 Å². The molecule has 0 saturated carbocycles. The second kappa shape index (κ2) is 9.74. The average molecular weight is 546 g/mol. The van der Waals surface area contributed by atoms with Gasteiger partial charge in [0.2, 0.25) is 5.91 Å². The first kappa shape index (κ1) is 28.1. The molecule has 15 heteroatoms. The lowest BCUT2D eigenvalue weighted by molar-refractivity contribution is -0.143. The lowest BCUT2D eigenvalue weighted by atomic mass is 9.95. The number of hydrogen-bond acceptors (Lipinski definition) is 2. The third-order valence-electron chi connectivity index (χ3n) is 5.51. The molecule has 2 amide bonds. The van der Waals surface area contributed by atoms with Gasteiger partial charge in [-0.1, -0.05) is 0 Å². The molecule has 202 valence electrons. The molecule has 2 aromatic carbocycles. The Morgan fingerprint density at radius 2 is 1.27 bits per heavy atom. The summed E-state index contributed by atoms with van der Waals surface area (Å²) in [5.74, 6) is -1.04. The van der Waals surface area contributed by atoms with E-state index in [-0.39, 0.29) is 23.8 Å². The topological polar surface area (TPSA) is 69.6 Å². The van der Waals surface area contributed by atoms with Crippen LogP contribution in [0.4, 0.5) is 48.7 Å². The van der Waals surface area contributed by atoms with E-state index in [0.717, 1.165) is 6.07 Å². The van der Waals surface area contributed by atoms with Gasteiger partial charge < -0.3 is 10.4 Å². The molecule has 5 nitrogen and oxygen atoms in total. The molecule has 2 N–H and O–H groups in total. The monoisotopic (exact) mass is 546 g/mol. The standard InChI is InChI=1S/C22H16F10N2O3/c23-16-7-17(34(9-16)19(36)37)18(35)33-8-10-1-11(3-13(2-10)20(24,25)26)12-4-14(21(27,28)29)6-15(5-12)22(30,31)32/h1-6,16-17H,7-9H2,(H,33,35)(H,36,37)/t16-,17-/m0/s1. The van der Waals surface area contributed by atoms with Gasteiger partial charge in [-0.25, -0.2) is 9.18 Å². The SMILES string of the molecule is O=C(NCc1cc(-c2cc(C(F)(F)F)cc(C(F)(F)F)c2)cc(C(F)(F)F)c1)[C@@H]1C[C@H](F)CN1C(=O)O. The van der Waals surface area contributed by atoms with Crippen molar-refractivity contribution in [2.45, 2.75) is 43.7 Å². The van der Waals surface area contributed by atoms with E-state index in [1.165, 1.54) is 0 Å². The summed E-state index contributed by atoms with van der Waals surface area (Å²) >= 11 is 0. The van der Waals surface area contributed by atoms with E-state index >= 15 is 0 Å². The summed E-state index contributed by atoms with van der Waals surface area (Å²) in [6.07, 6.45) is -19.3. The number of rotatable bonds is 4. The van der Waals surface area contributed by atoms with Crippen LogP contribution in [0.2, 0.25) is 0 Å². The predicted octanol–water partition coefficient (Wildman–Crippen LogP) is 6.12. The van der Waals surface area contributed by atoms with Crippen LogP contribution in [0.25, 0.3) is 11.1 Å². The third kappa shape index (κ3) is 6.63. The molecule has 37 heavy (non-hydrogen) atoms.